The van der Waals surface area contributed by atoms with Gasteiger partial charge in [-0.3, -0.25) is 14.3 Å². The summed E-state index contributed by atoms with van der Waals surface area (Å²) in [5.74, 6) is 0. The third-order valence-electron chi connectivity index (χ3n) is 3.21. The van der Waals surface area contributed by atoms with Crippen molar-refractivity contribution in [1.29, 1.82) is 0 Å². The van der Waals surface area contributed by atoms with Crippen molar-refractivity contribution in [1.82, 2.24) is 19.6 Å². The lowest BCUT2D eigenvalue weighted by atomic mass is 10.1. The minimum atomic E-state index is -1.03. The molecule has 108 valence electrons. The molecule has 0 aliphatic carbocycles. The summed E-state index contributed by atoms with van der Waals surface area (Å²) in [4.78, 5) is 19.2. The highest BCUT2D eigenvalue weighted by atomic mass is 32.2. The van der Waals surface area contributed by atoms with Crippen LogP contribution in [0.2, 0.25) is 0 Å². The normalized spacial score (nSPS) is 12.7. The Morgan fingerprint density at radius 1 is 1.38 bits per heavy atom. The molecule has 21 heavy (non-hydrogen) atoms. The summed E-state index contributed by atoms with van der Waals surface area (Å²) in [5.41, 5.74) is 2.68. The summed E-state index contributed by atoms with van der Waals surface area (Å²) in [6.07, 6.45) is 3.35. The molecular weight excluding hydrogens is 308 g/mol. The van der Waals surface area contributed by atoms with Gasteiger partial charge >= 0.3 is 5.69 Å². The number of nitrogens with zero attached hydrogens (tertiary/aromatic N) is 2. The zero-order valence-electron chi connectivity index (χ0n) is 11.3. The summed E-state index contributed by atoms with van der Waals surface area (Å²) < 4.78 is 13.0. The molecule has 0 saturated carbocycles. The number of H-pyrrole nitrogens is 2. The summed E-state index contributed by atoms with van der Waals surface area (Å²) in [6, 6.07) is 5.61. The van der Waals surface area contributed by atoms with Crippen LogP contribution in [0.15, 0.2) is 34.1 Å². The van der Waals surface area contributed by atoms with Gasteiger partial charge in [-0.05, 0) is 36.3 Å². The molecule has 1 unspecified atom stereocenters. The second kappa shape index (κ2) is 5.05. The molecule has 2 heterocycles. The van der Waals surface area contributed by atoms with E-state index in [2.05, 4.69) is 15.1 Å². The predicted molar refractivity (Wildman–Crippen MR) is 83.5 cm³/mol. The minimum Gasteiger partial charge on any atom is -0.295 e. The first-order valence-electron chi connectivity index (χ1n) is 6.12. The van der Waals surface area contributed by atoms with Crippen molar-refractivity contribution in [2.75, 3.05) is 6.26 Å². The van der Waals surface area contributed by atoms with Gasteiger partial charge in [0.05, 0.1) is 10.8 Å². The molecule has 0 aliphatic rings. The average molecular weight is 320 g/mol. The van der Waals surface area contributed by atoms with Crippen molar-refractivity contribution in [3.05, 3.63) is 45.2 Å². The smallest absolute Gasteiger partial charge is 0.295 e. The minimum absolute atomic E-state index is 0.142. The van der Waals surface area contributed by atoms with E-state index in [4.69, 9.17) is 12.2 Å². The average Bonchev–Trinajstić information content (AvgIpc) is 2.82. The number of aromatic nitrogens is 4. The fourth-order valence-electron chi connectivity index (χ4n) is 2.26. The molecule has 1 aromatic carbocycles. The van der Waals surface area contributed by atoms with Gasteiger partial charge in [-0.1, -0.05) is 12.1 Å². The SMILES string of the molecule is Cc1cc(-c2c[nH]n3c(=O)[nH]c(=S)nc23)ccc1S(C)=O. The third kappa shape index (κ3) is 2.36. The van der Waals surface area contributed by atoms with Gasteiger partial charge in [0.25, 0.3) is 0 Å². The molecule has 0 radical (unpaired) electrons. The number of nitrogens with one attached hydrogen (secondary N) is 2. The van der Waals surface area contributed by atoms with Crippen LogP contribution >= 0.6 is 12.2 Å². The Bertz CT molecular complexity index is 984. The van der Waals surface area contributed by atoms with Gasteiger partial charge in [0.1, 0.15) is 0 Å². The molecular formula is C13H12N4O2S2. The predicted octanol–water partition coefficient (Wildman–Crippen LogP) is 1.79. The highest BCUT2D eigenvalue weighted by molar-refractivity contribution is 7.84. The highest BCUT2D eigenvalue weighted by Crippen LogP contribution is 2.25. The second-order valence-electron chi connectivity index (χ2n) is 4.63. The Balaban J connectivity index is 2.26. The molecule has 3 rings (SSSR count). The van der Waals surface area contributed by atoms with Gasteiger partial charge in [0.15, 0.2) is 5.65 Å². The quantitative estimate of drug-likeness (QED) is 0.705. The number of rotatable bonds is 2. The highest BCUT2D eigenvalue weighted by Gasteiger charge is 2.11. The van der Waals surface area contributed by atoms with E-state index >= 15 is 0 Å². The first-order valence-corrected chi connectivity index (χ1v) is 8.09. The van der Waals surface area contributed by atoms with Crippen molar-refractivity contribution in [3.63, 3.8) is 0 Å². The number of aryl methyl sites for hydroxylation is 1. The number of fused-ring (bicyclic) bond motifs is 1. The Labute approximate surface area is 127 Å². The van der Waals surface area contributed by atoms with Crippen LogP contribution in [0.5, 0.6) is 0 Å². The molecule has 2 N–H and O–H groups in total. The Morgan fingerprint density at radius 2 is 2.14 bits per heavy atom. The first-order chi connectivity index (χ1) is 9.97. The standard InChI is InChI=1S/C13H12N4O2S2/c1-7-5-8(3-4-10(7)21(2)19)9-6-14-17-11(9)15-12(20)16-13(17)18/h3-6,14H,1-2H3,(H,16,18,20). The fourth-order valence-corrected chi connectivity index (χ4v) is 3.21. The molecule has 0 amide bonds. The van der Waals surface area contributed by atoms with E-state index < -0.39 is 10.8 Å². The monoisotopic (exact) mass is 320 g/mol. The molecule has 8 heteroatoms. The van der Waals surface area contributed by atoms with Crippen molar-refractivity contribution in [2.24, 2.45) is 0 Å². The maximum absolute atomic E-state index is 11.8. The van der Waals surface area contributed by atoms with E-state index in [0.717, 1.165) is 21.6 Å². The number of benzene rings is 1. The lowest BCUT2D eigenvalue weighted by Crippen LogP contribution is -2.18. The summed E-state index contributed by atoms with van der Waals surface area (Å²) in [5, 5.41) is 2.84. The topological polar surface area (TPSA) is 83.0 Å². The van der Waals surface area contributed by atoms with Gasteiger partial charge in [-0.25, -0.2) is 4.79 Å². The van der Waals surface area contributed by atoms with Crippen molar-refractivity contribution >= 4 is 28.7 Å². The largest absolute Gasteiger partial charge is 0.348 e. The van der Waals surface area contributed by atoms with Crippen LogP contribution in [0, 0.1) is 11.7 Å². The second-order valence-corrected chi connectivity index (χ2v) is 6.36. The molecule has 0 saturated heterocycles. The maximum atomic E-state index is 11.8. The van der Waals surface area contributed by atoms with E-state index in [9.17, 15) is 9.00 Å². The van der Waals surface area contributed by atoms with Gasteiger partial charge < -0.3 is 0 Å². The van der Waals surface area contributed by atoms with Crippen molar-refractivity contribution in [2.45, 2.75) is 11.8 Å². The summed E-state index contributed by atoms with van der Waals surface area (Å²) >= 11 is 4.95. The van der Waals surface area contributed by atoms with Crippen LogP contribution in [0.4, 0.5) is 0 Å². The third-order valence-corrected chi connectivity index (χ3v) is 4.48. The van der Waals surface area contributed by atoms with Crippen LogP contribution in [-0.2, 0) is 10.8 Å². The first kappa shape index (κ1) is 13.9. The maximum Gasteiger partial charge on any atom is 0.348 e. The molecule has 1 atom stereocenters. The molecule has 0 spiro atoms. The molecule has 0 aliphatic heterocycles. The Kier molecular flexibility index (Phi) is 3.34. The van der Waals surface area contributed by atoms with Crippen LogP contribution in [-0.4, -0.2) is 30.0 Å². The fraction of sp³-hybridized carbons (Fsp3) is 0.154. The van der Waals surface area contributed by atoms with Gasteiger partial charge in [0, 0.05) is 22.9 Å². The molecule has 0 fully saturated rings. The number of hydrogen-bond acceptors (Lipinski definition) is 4. The zero-order chi connectivity index (χ0) is 15.1. The van der Waals surface area contributed by atoms with Crippen molar-refractivity contribution in [3.8, 4) is 11.1 Å². The molecule has 0 bridgehead atoms. The molecule has 6 nitrogen and oxygen atoms in total. The number of aromatic amines is 2. The summed E-state index contributed by atoms with van der Waals surface area (Å²) in [7, 11) is -1.03. The van der Waals surface area contributed by atoms with Crippen LogP contribution in [0.25, 0.3) is 16.8 Å². The van der Waals surface area contributed by atoms with Crippen LogP contribution < -0.4 is 5.69 Å². The van der Waals surface area contributed by atoms with E-state index in [1.54, 1.807) is 12.5 Å². The van der Waals surface area contributed by atoms with Crippen LogP contribution in [0.3, 0.4) is 0 Å². The lowest BCUT2D eigenvalue weighted by Gasteiger charge is -2.05. The number of hydrogen-bond donors (Lipinski definition) is 2. The Hall–Kier alpha value is -2.06. The van der Waals surface area contributed by atoms with E-state index in [1.807, 2.05) is 25.1 Å². The van der Waals surface area contributed by atoms with E-state index in [0.29, 0.717) is 5.65 Å². The van der Waals surface area contributed by atoms with E-state index in [-0.39, 0.29) is 10.5 Å². The van der Waals surface area contributed by atoms with Crippen molar-refractivity contribution < 1.29 is 4.21 Å². The molecule has 2 aromatic heterocycles. The van der Waals surface area contributed by atoms with Gasteiger partial charge in [-0.2, -0.15) is 9.50 Å². The summed E-state index contributed by atoms with van der Waals surface area (Å²) in [6.45, 7) is 1.90. The van der Waals surface area contributed by atoms with Gasteiger partial charge in [0.2, 0.25) is 4.77 Å². The zero-order valence-corrected chi connectivity index (χ0v) is 13.0. The molecule has 3 aromatic rings. The lowest BCUT2D eigenvalue weighted by molar-refractivity contribution is 0.686. The van der Waals surface area contributed by atoms with Crippen LogP contribution in [0.1, 0.15) is 5.56 Å². The Morgan fingerprint density at radius 3 is 2.81 bits per heavy atom. The van der Waals surface area contributed by atoms with Gasteiger partial charge in [-0.15, -0.1) is 0 Å². The van der Waals surface area contributed by atoms with E-state index in [1.165, 1.54) is 4.52 Å².